The average Bonchev–Trinajstić information content (AvgIpc) is 2.23. The van der Waals surface area contributed by atoms with E-state index in [4.69, 9.17) is 10.8 Å². The van der Waals surface area contributed by atoms with E-state index in [9.17, 15) is 4.79 Å². The van der Waals surface area contributed by atoms with Crippen molar-refractivity contribution in [3.8, 4) is 0 Å². The van der Waals surface area contributed by atoms with Crippen LogP contribution in [0.4, 0.5) is 0 Å². The Kier molecular flexibility index (Phi) is 7.34. The first kappa shape index (κ1) is 15.4. The van der Waals surface area contributed by atoms with Crippen LogP contribution in [0.5, 0.6) is 0 Å². The lowest BCUT2D eigenvalue weighted by molar-refractivity contribution is -0.137. The number of aliphatic hydroxyl groups excluding tert-OH is 1. The van der Waals surface area contributed by atoms with Gasteiger partial charge in [0.05, 0.1) is 12.1 Å². The predicted molar refractivity (Wildman–Crippen MR) is 66.1 cm³/mol. The zero-order valence-electron chi connectivity index (χ0n) is 10.8. The molecule has 0 heterocycles. The Balaban J connectivity index is 4.45. The van der Waals surface area contributed by atoms with Crippen molar-refractivity contribution in [2.75, 3.05) is 19.7 Å². The van der Waals surface area contributed by atoms with E-state index in [1.54, 1.807) is 11.8 Å². The molecule has 0 aromatic carbocycles. The second kappa shape index (κ2) is 7.63. The van der Waals surface area contributed by atoms with E-state index in [0.717, 1.165) is 19.3 Å². The predicted octanol–water partition coefficient (Wildman–Crippen LogP) is 1.12. The highest BCUT2D eigenvalue weighted by atomic mass is 16.3. The summed E-state index contributed by atoms with van der Waals surface area (Å²) in [5.74, 6) is -0.0446. The Labute approximate surface area is 98.8 Å². The minimum atomic E-state index is -0.794. The maximum Gasteiger partial charge on any atom is 0.242 e. The smallest absolute Gasteiger partial charge is 0.242 e. The van der Waals surface area contributed by atoms with Crippen molar-refractivity contribution in [2.45, 2.75) is 52.0 Å². The zero-order valence-corrected chi connectivity index (χ0v) is 10.8. The van der Waals surface area contributed by atoms with Crippen molar-refractivity contribution >= 4 is 5.91 Å². The molecule has 0 bridgehead atoms. The van der Waals surface area contributed by atoms with Crippen molar-refractivity contribution < 1.29 is 9.90 Å². The molecule has 0 rings (SSSR count). The molecule has 4 heteroatoms. The number of rotatable bonds is 8. The third-order valence-corrected chi connectivity index (χ3v) is 2.70. The average molecular weight is 230 g/mol. The Morgan fingerprint density at radius 3 is 2.38 bits per heavy atom. The third-order valence-electron chi connectivity index (χ3n) is 2.70. The molecule has 0 aliphatic carbocycles. The number of unbranched alkanes of at least 4 members (excludes halogenated alkanes) is 1. The molecule has 0 aliphatic heterocycles. The van der Waals surface area contributed by atoms with Crippen molar-refractivity contribution in [1.29, 1.82) is 0 Å². The normalized spacial score (nSPS) is 14.6. The molecule has 1 amide bonds. The highest BCUT2D eigenvalue weighted by Crippen LogP contribution is 2.13. The van der Waals surface area contributed by atoms with Crippen LogP contribution in [0.25, 0.3) is 0 Å². The second-order valence-corrected chi connectivity index (χ2v) is 4.54. The number of amides is 1. The van der Waals surface area contributed by atoms with Crippen molar-refractivity contribution in [3.05, 3.63) is 0 Å². The van der Waals surface area contributed by atoms with Crippen LogP contribution in [0.15, 0.2) is 0 Å². The first-order valence-electron chi connectivity index (χ1n) is 6.18. The van der Waals surface area contributed by atoms with Crippen LogP contribution in [0, 0.1) is 0 Å². The van der Waals surface area contributed by atoms with E-state index < -0.39 is 5.54 Å². The Bertz CT molecular complexity index is 205. The van der Waals surface area contributed by atoms with Gasteiger partial charge in [0.1, 0.15) is 0 Å². The maximum atomic E-state index is 12.1. The van der Waals surface area contributed by atoms with Gasteiger partial charge in [-0.15, -0.1) is 0 Å². The van der Waals surface area contributed by atoms with Crippen LogP contribution in [0.1, 0.15) is 46.5 Å². The van der Waals surface area contributed by atoms with Gasteiger partial charge >= 0.3 is 0 Å². The summed E-state index contributed by atoms with van der Waals surface area (Å²) in [6.07, 6.45) is 3.55. The molecule has 0 saturated carbocycles. The monoisotopic (exact) mass is 230 g/mol. The fourth-order valence-electron chi connectivity index (χ4n) is 1.77. The maximum absolute atomic E-state index is 12.1. The molecule has 0 saturated heterocycles. The highest BCUT2D eigenvalue weighted by molar-refractivity contribution is 5.85. The fourth-order valence-corrected chi connectivity index (χ4v) is 1.77. The van der Waals surface area contributed by atoms with Crippen LogP contribution < -0.4 is 5.73 Å². The standard InChI is InChI=1S/C12H26N2O2/c1-4-6-8-14(9-10-15)11(16)12(3,13)7-5-2/h15H,4-10,13H2,1-3H3. The number of hydrogen-bond donors (Lipinski definition) is 2. The number of carbonyl (C=O) groups excluding carboxylic acids is 1. The summed E-state index contributed by atoms with van der Waals surface area (Å²) >= 11 is 0. The molecule has 0 aromatic rings. The molecule has 0 fully saturated rings. The molecule has 3 N–H and O–H groups in total. The lowest BCUT2D eigenvalue weighted by atomic mass is 9.95. The van der Waals surface area contributed by atoms with E-state index in [0.29, 0.717) is 19.5 Å². The number of aliphatic hydroxyl groups is 1. The molecule has 0 aromatic heterocycles. The first-order valence-corrected chi connectivity index (χ1v) is 6.18. The summed E-state index contributed by atoms with van der Waals surface area (Å²) in [6, 6.07) is 0. The summed E-state index contributed by atoms with van der Waals surface area (Å²) < 4.78 is 0. The Morgan fingerprint density at radius 2 is 1.94 bits per heavy atom. The summed E-state index contributed by atoms with van der Waals surface area (Å²) in [6.45, 7) is 6.94. The molecule has 4 nitrogen and oxygen atoms in total. The summed E-state index contributed by atoms with van der Waals surface area (Å²) in [7, 11) is 0. The number of hydrogen-bond acceptors (Lipinski definition) is 3. The third kappa shape index (κ3) is 4.94. The largest absolute Gasteiger partial charge is 0.395 e. The minimum Gasteiger partial charge on any atom is -0.395 e. The van der Waals surface area contributed by atoms with Gasteiger partial charge in [-0.3, -0.25) is 4.79 Å². The molecule has 96 valence electrons. The van der Waals surface area contributed by atoms with Crippen LogP contribution in [0.3, 0.4) is 0 Å². The van der Waals surface area contributed by atoms with Gasteiger partial charge in [-0.1, -0.05) is 26.7 Å². The molecule has 0 radical (unpaired) electrons. The van der Waals surface area contributed by atoms with Crippen molar-refractivity contribution in [2.24, 2.45) is 5.73 Å². The lowest BCUT2D eigenvalue weighted by Gasteiger charge is -2.31. The lowest BCUT2D eigenvalue weighted by Crippen LogP contribution is -2.54. The van der Waals surface area contributed by atoms with Gasteiger partial charge in [0.25, 0.3) is 0 Å². The summed E-state index contributed by atoms with van der Waals surface area (Å²) in [5.41, 5.74) is 5.21. The molecule has 0 spiro atoms. The number of nitrogens with two attached hydrogens (primary N) is 1. The van der Waals surface area contributed by atoms with E-state index >= 15 is 0 Å². The van der Waals surface area contributed by atoms with Gasteiger partial charge in [0.15, 0.2) is 0 Å². The zero-order chi connectivity index (χ0) is 12.6. The molecule has 1 unspecified atom stereocenters. The number of carbonyl (C=O) groups is 1. The second-order valence-electron chi connectivity index (χ2n) is 4.54. The molecule has 16 heavy (non-hydrogen) atoms. The van der Waals surface area contributed by atoms with E-state index in [-0.39, 0.29) is 12.5 Å². The van der Waals surface area contributed by atoms with E-state index in [2.05, 4.69) is 6.92 Å². The van der Waals surface area contributed by atoms with E-state index in [1.165, 1.54) is 0 Å². The van der Waals surface area contributed by atoms with Gasteiger partial charge in [0.2, 0.25) is 5.91 Å². The quantitative estimate of drug-likeness (QED) is 0.657. The molecular weight excluding hydrogens is 204 g/mol. The SMILES string of the molecule is CCCCN(CCO)C(=O)C(C)(N)CCC. The first-order chi connectivity index (χ1) is 7.49. The summed E-state index contributed by atoms with van der Waals surface area (Å²) in [4.78, 5) is 13.8. The van der Waals surface area contributed by atoms with Crippen LogP contribution in [0.2, 0.25) is 0 Å². The minimum absolute atomic E-state index is 0.00232. The number of nitrogens with zero attached hydrogens (tertiary/aromatic N) is 1. The summed E-state index contributed by atoms with van der Waals surface area (Å²) in [5, 5.41) is 8.95. The van der Waals surface area contributed by atoms with Gasteiger partial charge in [-0.2, -0.15) is 0 Å². The van der Waals surface area contributed by atoms with Crippen LogP contribution in [-0.2, 0) is 4.79 Å². The van der Waals surface area contributed by atoms with E-state index in [1.807, 2.05) is 6.92 Å². The van der Waals surface area contributed by atoms with Gasteiger partial charge in [-0.05, 0) is 19.8 Å². The Morgan fingerprint density at radius 1 is 1.31 bits per heavy atom. The van der Waals surface area contributed by atoms with Gasteiger partial charge in [-0.25, -0.2) is 0 Å². The molecule has 1 atom stereocenters. The Hall–Kier alpha value is -0.610. The topological polar surface area (TPSA) is 66.6 Å². The van der Waals surface area contributed by atoms with Crippen molar-refractivity contribution in [1.82, 2.24) is 4.90 Å². The molecule has 0 aliphatic rings. The van der Waals surface area contributed by atoms with Crippen LogP contribution >= 0.6 is 0 Å². The molecular formula is C12H26N2O2. The van der Waals surface area contributed by atoms with Crippen molar-refractivity contribution in [3.63, 3.8) is 0 Å². The van der Waals surface area contributed by atoms with Crippen LogP contribution in [-0.4, -0.2) is 41.1 Å². The fraction of sp³-hybridized carbons (Fsp3) is 0.917. The highest BCUT2D eigenvalue weighted by Gasteiger charge is 2.31. The van der Waals surface area contributed by atoms with Gasteiger partial charge < -0.3 is 15.7 Å². The van der Waals surface area contributed by atoms with Gasteiger partial charge in [0, 0.05) is 13.1 Å².